The lowest BCUT2D eigenvalue weighted by molar-refractivity contribution is -0.130. The number of aromatic nitrogens is 4. The molecule has 2 N–H and O–H groups in total. The second-order valence-corrected chi connectivity index (χ2v) is 13.0. The number of aromatic amines is 1. The number of anilines is 2. The Hall–Kier alpha value is -5.03. The van der Waals surface area contributed by atoms with E-state index in [1.54, 1.807) is 28.4 Å². The number of carbonyl (C=O) groups excluding carboxylic acids is 2. The van der Waals surface area contributed by atoms with Crippen LogP contribution in [0.5, 0.6) is 0 Å². The van der Waals surface area contributed by atoms with Gasteiger partial charge >= 0.3 is 0 Å². The number of piperazine rings is 1. The Morgan fingerprint density at radius 3 is 2.60 bits per heavy atom. The van der Waals surface area contributed by atoms with E-state index in [-0.39, 0.29) is 52.7 Å². The van der Waals surface area contributed by atoms with E-state index in [2.05, 4.69) is 26.8 Å². The SMILES string of the molecule is C=CC(=O)N1CC2C(=O)Nc3c(c4cc(F)c(-c5c(C)ccc6[nH]cnc56)c(Cl)c4n(-c4c(C)ccnc4C(C)C)c3=O)N2CC1C. The number of halogens is 2. The van der Waals surface area contributed by atoms with E-state index in [9.17, 15) is 14.4 Å². The van der Waals surface area contributed by atoms with E-state index in [1.165, 1.54) is 16.7 Å². The number of rotatable bonds is 4. The predicted molar refractivity (Wildman–Crippen MR) is 182 cm³/mol. The number of fused-ring (bicyclic) bond motifs is 6. The number of imidazole rings is 1. The van der Waals surface area contributed by atoms with Gasteiger partial charge in [-0.2, -0.15) is 0 Å². The maximum absolute atomic E-state index is 16.8. The molecule has 240 valence electrons. The summed E-state index contributed by atoms with van der Waals surface area (Å²) in [6.45, 7) is 13.4. The molecule has 7 rings (SSSR count). The number of H-pyrrole nitrogens is 1. The molecule has 1 saturated heterocycles. The molecular formula is C35H33ClFN7O3. The molecule has 2 aromatic carbocycles. The summed E-state index contributed by atoms with van der Waals surface area (Å²) in [7, 11) is 0. The van der Waals surface area contributed by atoms with Crippen molar-refractivity contribution in [3.63, 3.8) is 0 Å². The van der Waals surface area contributed by atoms with E-state index in [4.69, 9.17) is 11.6 Å². The molecule has 0 aliphatic carbocycles. The summed E-state index contributed by atoms with van der Waals surface area (Å²) in [5.41, 5.74) is 4.67. The van der Waals surface area contributed by atoms with E-state index in [0.717, 1.165) is 11.1 Å². The smallest absolute Gasteiger partial charge is 0.281 e. The van der Waals surface area contributed by atoms with Gasteiger partial charge in [-0.3, -0.25) is 23.9 Å². The summed E-state index contributed by atoms with van der Waals surface area (Å²) in [5, 5.41) is 3.20. The van der Waals surface area contributed by atoms with Crippen LogP contribution in [-0.4, -0.2) is 61.4 Å². The van der Waals surface area contributed by atoms with Crippen molar-refractivity contribution in [3.05, 3.63) is 87.5 Å². The van der Waals surface area contributed by atoms with E-state index in [0.29, 0.717) is 39.1 Å². The highest BCUT2D eigenvalue weighted by molar-refractivity contribution is 6.39. The molecule has 1 fully saturated rings. The molecule has 47 heavy (non-hydrogen) atoms. The van der Waals surface area contributed by atoms with Crippen molar-refractivity contribution in [2.45, 2.75) is 52.6 Å². The van der Waals surface area contributed by atoms with E-state index in [1.807, 2.05) is 46.8 Å². The first-order valence-electron chi connectivity index (χ1n) is 15.4. The third-order valence-electron chi connectivity index (χ3n) is 9.33. The highest BCUT2D eigenvalue weighted by Crippen LogP contribution is 2.47. The first-order chi connectivity index (χ1) is 22.4. The zero-order valence-electron chi connectivity index (χ0n) is 26.6. The van der Waals surface area contributed by atoms with Crippen LogP contribution in [0, 0.1) is 19.7 Å². The molecule has 3 aromatic heterocycles. The topological polar surface area (TPSA) is 116 Å². The van der Waals surface area contributed by atoms with Gasteiger partial charge in [0.1, 0.15) is 17.5 Å². The van der Waals surface area contributed by atoms with Gasteiger partial charge in [-0.1, -0.05) is 38.1 Å². The largest absolute Gasteiger partial charge is 0.354 e. The molecule has 12 heteroatoms. The first-order valence-corrected chi connectivity index (χ1v) is 15.8. The number of aryl methyl sites for hydroxylation is 2. The number of carbonyl (C=O) groups is 2. The highest BCUT2D eigenvalue weighted by atomic mass is 35.5. The monoisotopic (exact) mass is 653 g/mol. The summed E-state index contributed by atoms with van der Waals surface area (Å²) in [5.74, 6) is -1.43. The molecule has 10 nitrogen and oxygen atoms in total. The number of amides is 2. The number of nitrogens with one attached hydrogen (secondary N) is 2. The van der Waals surface area contributed by atoms with Crippen LogP contribution in [0.15, 0.2) is 54.2 Å². The average Bonchev–Trinajstić information content (AvgIpc) is 3.51. The van der Waals surface area contributed by atoms with Gasteiger partial charge in [-0.25, -0.2) is 9.37 Å². The quantitative estimate of drug-likeness (QED) is 0.230. The molecule has 2 aliphatic rings. The van der Waals surface area contributed by atoms with Crippen LogP contribution >= 0.6 is 11.6 Å². The van der Waals surface area contributed by atoms with Crippen LogP contribution in [0.25, 0.3) is 38.8 Å². The van der Waals surface area contributed by atoms with Crippen LogP contribution in [0.4, 0.5) is 15.8 Å². The molecule has 5 heterocycles. The number of nitrogens with zero attached hydrogens (tertiary/aromatic N) is 5. The van der Waals surface area contributed by atoms with Crippen molar-refractivity contribution in [1.29, 1.82) is 0 Å². The molecule has 2 amide bonds. The van der Waals surface area contributed by atoms with Gasteiger partial charge in [0.2, 0.25) is 11.8 Å². The van der Waals surface area contributed by atoms with Crippen LogP contribution in [0.3, 0.4) is 0 Å². The lowest BCUT2D eigenvalue weighted by atomic mass is 9.94. The highest BCUT2D eigenvalue weighted by Gasteiger charge is 2.44. The van der Waals surface area contributed by atoms with Crippen molar-refractivity contribution in [2.75, 3.05) is 23.3 Å². The Labute approximate surface area is 274 Å². The van der Waals surface area contributed by atoms with Gasteiger partial charge in [-0.15, -0.1) is 0 Å². The summed E-state index contributed by atoms with van der Waals surface area (Å²) in [4.78, 5) is 56.8. The summed E-state index contributed by atoms with van der Waals surface area (Å²) >= 11 is 7.36. The number of hydrogen-bond acceptors (Lipinski definition) is 6. The van der Waals surface area contributed by atoms with Crippen LogP contribution in [0.2, 0.25) is 5.02 Å². The maximum Gasteiger partial charge on any atom is 0.281 e. The minimum atomic E-state index is -0.825. The molecule has 0 radical (unpaired) electrons. The fraction of sp³-hybridized carbons (Fsp3) is 0.286. The minimum absolute atomic E-state index is 0.0150. The molecule has 0 spiro atoms. The third-order valence-corrected chi connectivity index (χ3v) is 9.70. The summed E-state index contributed by atoms with van der Waals surface area (Å²) in [6.07, 6.45) is 4.45. The Morgan fingerprint density at radius 1 is 1.11 bits per heavy atom. The van der Waals surface area contributed by atoms with Crippen molar-refractivity contribution < 1.29 is 14.0 Å². The molecular weight excluding hydrogens is 621 g/mol. The third kappa shape index (κ3) is 4.47. The second-order valence-electron chi connectivity index (χ2n) is 12.6. The first kappa shape index (κ1) is 30.6. The fourth-order valence-electron chi connectivity index (χ4n) is 7.10. The van der Waals surface area contributed by atoms with E-state index < -0.39 is 23.3 Å². The Balaban J connectivity index is 1.63. The van der Waals surface area contributed by atoms with Crippen molar-refractivity contribution in [1.82, 2.24) is 24.4 Å². The lowest BCUT2D eigenvalue weighted by Crippen LogP contribution is -2.64. The molecule has 0 bridgehead atoms. The van der Waals surface area contributed by atoms with Crippen molar-refractivity contribution in [2.24, 2.45) is 0 Å². The van der Waals surface area contributed by atoms with Crippen LogP contribution in [0.1, 0.15) is 43.5 Å². The summed E-state index contributed by atoms with van der Waals surface area (Å²) in [6, 6.07) is 5.77. The van der Waals surface area contributed by atoms with Crippen molar-refractivity contribution in [3.8, 4) is 16.8 Å². The maximum atomic E-state index is 16.8. The van der Waals surface area contributed by atoms with Gasteiger partial charge in [0, 0.05) is 35.3 Å². The average molecular weight is 654 g/mol. The molecule has 2 atom stereocenters. The van der Waals surface area contributed by atoms with Crippen LogP contribution < -0.4 is 15.8 Å². The van der Waals surface area contributed by atoms with Crippen molar-refractivity contribution >= 4 is 56.7 Å². The zero-order chi connectivity index (χ0) is 33.5. The van der Waals surface area contributed by atoms with Gasteiger partial charge in [0.15, 0.2) is 0 Å². The van der Waals surface area contributed by atoms with E-state index >= 15 is 4.39 Å². The molecule has 5 aromatic rings. The standard InChI is InChI=1S/C35H33ClFN7O3/c1-7-24(45)42-14-23-34(46)41-30-33(43(23)13-19(42)6)20-12-21(37)26(25-17(4)8-9-22-29(25)40-15-39-22)27(36)32(20)44(35(30)47)31-18(5)10-11-38-28(31)16(2)3/h7-12,15-16,19,23H,1,13-14H2,2-6H3,(H,39,40)(H,41,46). The van der Waals surface area contributed by atoms with Gasteiger partial charge < -0.3 is 20.1 Å². The van der Waals surface area contributed by atoms with Gasteiger partial charge in [-0.05, 0) is 62.1 Å². The number of hydrogen-bond donors (Lipinski definition) is 2. The Bertz CT molecular complexity index is 2240. The summed E-state index contributed by atoms with van der Waals surface area (Å²) < 4.78 is 18.2. The zero-order valence-corrected chi connectivity index (χ0v) is 27.4. The van der Waals surface area contributed by atoms with Gasteiger partial charge in [0.05, 0.1) is 51.5 Å². The van der Waals surface area contributed by atoms with Gasteiger partial charge in [0.25, 0.3) is 5.56 Å². The number of pyridine rings is 2. The minimum Gasteiger partial charge on any atom is -0.354 e. The number of benzene rings is 2. The second kappa shape index (κ2) is 11.0. The fourth-order valence-corrected chi connectivity index (χ4v) is 7.47. The normalized spacial score (nSPS) is 17.7. The molecule has 2 unspecified atom stereocenters. The Kier molecular flexibility index (Phi) is 7.20. The predicted octanol–water partition coefficient (Wildman–Crippen LogP) is 6.01. The lowest BCUT2D eigenvalue weighted by Gasteiger charge is -2.48. The molecule has 0 saturated carbocycles. The Morgan fingerprint density at radius 2 is 1.87 bits per heavy atom. The van der Waals surface area contributed by atoms with Crippen LogP contribution in [-0.2, 0) is 9.59 Å². The molecule has 2 aliphatic heterocycles.